The highest BCUT2D eigenvalue weighted by Gasteiger charge is 2.13. The lowest BCUT2D eigenvalue weighted by Gasteiger charge is -2.19. The maximum absolute atomic E-state index is 9.89. The monoisotopic (exact) mass is 291 g/mol. The number of anilines is 1. The first-order valence-electron chi connectivity index (χ1n) is 6.41. The fourth-order valence-corrected chi connectivity index (χ4v) is 2.26. The van der Waals surface area contributed by atoms with Gasteiger partial charge in [0.25, 0.3) is 0 Å². The van der Waals surface area contributed by atoms with E-state index in [4.69, 9.17) is 16.3 Å². The Hall–Kier alpha value is -1.87. The van der Waals surface area contributed by atoms with Crippen LogP contribution < -0.4 is 10.1 Å². The fraction of sp³-hybridized carbons (Fsp3) is 0.250. The number of hydrogen-bond donors (Lipinski definition) is 2. The quantitative estimate of drug-likeness (QED) is 0.869. The summed E-state index contributed by atoms with van der Waals surface area (Å²) in [7, 11) is 1.61. The van der Waals surface area contributed by atoms with Gasteiger partial charge in [0, 0.05) is 16.7 Å². The van der Waals surface area contributed by atoms with E-state index in [0.29, 0.717) is 10.8 Å². The molecule has 0 radical (unpaired) electrons. The summed E-state index contributed by atoms with van der Waals surface area (Å²) < 4.78 is 5.34. The molecule has 0 bridgehead atoms. The van der Waals surface area contributed by atoms with Gasteiger partial charge < -0.3 is 15.2 Å². The van der Waals surface area contributed by atoms with Gasteiger partial charge in [-0.25, -0.2) is 0 Å². The van der Waals surface area contributed by atoms with E-state index in [1.165, 1.54) is 0 Å². The molecular weight excluding hydrogens is 274 g/mol. The molecule has 1 unspecified atom stereocenters. The van der Waals surface area contributed by atoms with Gasteiger partial charge in [-0.05, 0) is 31.5 Å². The second-order valence-corrected chi connectivity index (χ2v) is 5.13. The van der Waals surface area contributed by atoms with E-state index in [1.807, 2.05) is 32.0 Å². The molecule has 0 aliphatic rings. The van der Waals surface area contributed by atoms with Gasteiger partial charge in [0.1, 0.15) is 11.5 Å². The number of halogens is 1. The average Bonchev–Trinajstić information content (AvgIpc) is 2.43. The Labute approximate surface area is 124 Å². The largest absolute Gasteiger partial charge is 0.508 e. The van der Waals surface area contributed by atoms with E-state index in [0.717, 1.165) is 16.8 Å². The van der Waals surface area contributed by atoms with Crippen LogP contribution in [0.4, 0.5) is 5.69 Å². The summed E-state index contributed by atoms with van der Waals surface area (Å²) in [5, 5.41) is 13.9. The standard InChI is InChI=1S/C16H18ClNO2/c1-10-8-14(16(20-3)9-13(10)17)18-11(2)12-6-4-5-7-15(12)19/h4-9,11,18-19H,1-3H3. The van der Waals surface area contributed by atoms with E-state index in [2.05, 4.69) is 5.32 Å². The van der Waals surface area contributed by atoms with Crippen LogP contribution in [0.1, 0.15) is 24.1 Å². The maximum Gasteiger partial charge on any atom is 0.143 e. The second kappa shape index (κ2) is 6.06. The van der Waals surface area contributed by atoms with Crippen molar-refractivity contribution in [2.45, 2.75) is 19.9 Å². The number of para-hydroxylation sites is 1. The highest BCUT2D eigenvalue weighted by molar-refractivity contribution is 6.31. The molecule has 0 aliphatic heterocycles. The van der Waals surface area contributed by atoms with E-state index < -0.39 is 0 Å². The van der Waals surface area contributed by atoms with E-state index >= 15 is 0 Å². The van der Waals surface area contributed by atoms with Crippen molar-refractivity contribution in [3.05, 3.63) is 52.5 Å². The number of ether oxygens (including phenoxy) is 1. The Morgan fingerprint density at radius 3 is 2.60 bits per heavy atom. The van der Waals surface area contributed by atoms with Crippen molar-refractivity contribution >= 4 is 17.3 Å². The molecular formula is C16H18ClNO2. The number of phenolic OH excluding ortho intramolecular Hbond substituents is 1. The molecule has 2 aromatic carbocycles. The molecule has 0 aromatic heterocycles. The summed E-state index contributed by atoms with van der Waals surface area (Å²) in [4.78, 5) is 0. The summed E-state index contributed by atoms with van der Waals surface area (Å²) in [6.07, 6.45) is 0. The topological polar surface area (TPSA) is 41.5 Å². The number of aromatic hydroxyl groups is 1. The number of nitrogens with one attached hydrogen (secondary N) is 1. The van der Waals surface area contributed by atoms with Crippen LogP contribution in [-0.4, -0.2) is 12.2 Å². The molecule has 1 atom stereocenters. The van der Waals surface area contributed by atoms with Crippen molar-refractivity contribution in [2.24, 2.45) is 0 Å². The summed E-state index contributed by atoms with van der Waals surface area (Å²) in [5.41, 5.74) is 2.66. The van der Waals surface area contributed by atoms with Crippen LogP contribution in [0, 0.1) is 6.92 Å². The van der Waals surface area contributed by atoms with Crippen LogP contribution in [0.15, 0.2) is 36.4 Å². The van der Waals surface area contributed by atoms with Gasteiger partial charge in [-0.3, -0.25) is 0 Å². The van der Waals surface area contributed by atoms with Gasteiger partial charge in [-0.15, -0.1) is 0 Å². The van der Waals surface area contributed by atoms with Crippen molar-refractivity contribution < 1.29 is 9.84 Å². The maximum atomic E-state index is 9.89. The average molecular weight is 292 g/mol. The number of rotatable bonds is 4. The zero-order valence-corrected chi connectivity index (χ0v) is 12.5. The van der Waals surface area contributed by atoms with Crippen LogP contribution in [0.2, 0.25) is 5.02 Å². The Morgan fingerprint density at radius 2 is 1.95 bits per heavy atom. The molecule has 0 amide bonds. The molecule has 0 saturated heterocycles. The Kier molecular flexibility index (Phi) is 4.40. The lowest BCUT2D eigenvalue weighted by molar-refractivity contribution is 0.416. The van der Waals surface area contributed by atoms with Crippen LogP contribution in [0.3, 0.4) is 0 Å². The molecule has 0 aliphatic carbocycles. The minimum absolute atomic E-state index is 0.0503. The normalized spacial score (nSPS) is 12.0. The van der Waals surface area contributed by atoms with Crippen molar-refractivity contribution in [1.82, 2.24) is 0 Å². The Bertz CT molecular complexity index is 613. The third-order valence-corrected chi connectivity index (χ3v) is 3.66. The molecule has 106 valence electrons. The SMILES string of the molecule is COc1cc(Cl)c(C)cc1NC(C)c1ccccc1O. The lowest BCUT2D eigenvalue weighted by Crippen LogP contribution is -2.08. The third kappa shape index (κ3) is 2.99. The molecule has 20 heavy (non-hydrogen) atoms. The molecule has 0 spiro atoms. The number of hydrogen-bond acceptors (Lipinski definition) is 3. The van der Waals surface area contributed by atoms with Crippen LogP contribution in [-0.2, 0) is 0 Å². The first-order chi connectivity index (χ1) is 9.52. The van der Waals surface area contributed by atoms with E-state index in [1.54, 1.807) is 25.3 Å². The fourth-order valence-electron chi connectivity index (χ4n) is 2.11. The van der Waals surface area contributed by atoms with Gasteiger partial charge in [0.2, 0.25) is 0 Å². The molecule has 0 fully saturated rings. The van der Waals surface area contributed by atoms with Crippen LogP contribution >= 0.6 is 11.6 Å². The number of benzene rings is 2. The minimum Gasteiger partial charge on any atom is -0.508 e. The smallest absolute Gasteiger partial charge is 0.143 e. The molecule has 0 heterocycles. The van der Waals surface area contributed by atoms with Crippen molar-refractivity contribution in [3.63, 3.8) is 0 Å². The van der Waals surface area contributed by atoms with Crippen molar-refractivity contribution in [3.8, 4) is 11.5 Å². The predicted molar refractivity (Wildman–Crippen MR) is 82.9 cm³/mol. The van der Waals surface area contributed by atoms with Gasteiger partial charge in [-0.1, -0.05) is 29.8 Å². The zero-order valence-electron chi connectivity index (χ0n) is 11.8. The summed E-state index contributed by atoms with van der Waals surface area (Å²) >= 11 is 6.10. The summed E-state index contributed by atoms with van der Waals surface area (Å²) in [6, 6.07) is 11.0. The van der Waals surface area contributed by atoms with Crippen LogP contribution in [0.5, 0.6) is 11.5 Å². The zero-order chi connectivity index (χ0) is 14.7. The molecule has 3 nitrogen and oxygen atoms in total. The summed E-state index contributed by atoms with van der Waals surface area (Å²) in [5.74, 6) is 0.958. The first-order valence-corrected chi connectivity index (χ1v) is 6.79. The number of phenols is 1. The van der Waals surface area contributed by atoms with Gasteiger partial charge in [0.05, 0.1) is 18.8 Å². The van der Waals surface area contributed by atoms with Gasteiger partial charge >= 0.3 is 0 Å². The molecule has 0 saturated carbocycles. The van der Waals surface area contributed by atoms with Gasteiger partial charge in [0.15, 0.2) is 0 Å². The molecule has 4 heteroatoms. The van der Waals surface area contributed by atoms with Gasteiger partial charge in [-0.2, -0.15) is 0 Å². The van der Waals surface area contributed by atoms with Crippen LogP contribution in [0.25, 0.3) is 0 Å². The first kappa shape index (κ1) is 14.5. The molecule has 2 aromatic rings. The van der Waals surface area contributed by atoms with E-state index in [9.17, 15) is 5.11 Å². The highest BCUT2D eigenvalue weighted by atomic mass is 35.5. The predicted octanol–water partition coefficient (Wildman–Crippen LogP) is 4.54. The second-order valence-electron chi connectivity index (χ2n) is 4.73. The van der Waals surface area contributed by atoms with Crippen molar-refractivity contribution in [1.29, 1.82) is 0 Å². The number of aryl methyl sites for hydroxylation is 1. The third-order valence-electron chi connectivity index (χ3n) is 3.26. The number of methoxy groups -OCH3 is 1. The Morgan fingerprint density at radius 1 is 1.25 bits per heavy atom. The summed E-state index contributed by atoms with van der Waals surface area (Å²) in [6.45, 7) is 3.93. The van der Waals surface area contributed by atoms with Crippen molar-refractivity contribution in [2.75, 3.05) is 12.4 Å². The van der Waals surface area contributed by atoms with E-state index in [-0.39, 0.29) is 11.8 Å². The molecule has 2 rings (SSSR count). The molecule has 2 N–H and O–H groups in total. The lowest BCUT2D eigenvalue weighted by atomic mass is 10.1. The minimum atomic E-state index is -0.0503. The highest BCUT2D eigenvalue weighted by Crippen LogP contribution is 2.34. The Balaban J connectivity index is 2.30.